The number of hydrogen-bond donors (Lipinski definition) is 2. The molecule has 0 radical (unpaired) electrons. The molecule has 0 saturated carbocycles. The quantitative estimate of drug-likeness (QED) is 0.584. The second-order valence-electron chi connectivity index (χ2n) is 2.62. The Morgan fingerprint density at radius 2 is 2.00 bits per heavy atom. The minimum absolute atomic E-state index is 0.587. The Hall–Kier alpha value is -1.55. The van der Waals surface area contributed by atoms with Gasteiger partial charge in [0.2, 0.25) is 0 Å². The summed E-state index contributed by atoms with van der Waals surface area (Å²) in [6.07, 6.45) is -1.18. The van der Waals surface area contributed by atoms with E-state index in [0.29, 0.717) is 10.7 Å². The first kappa shape index (κ1) is 10.5. The van der Waals surface area contributed by atoms with Crippen LogP contribution in [0.15, 0.2) is 29.4 Å². The van der Waals surface area contributed by atoms with Gasteiger partial charge in [-0.25, -0.2) is 10.2 Å². The maximum absolute atomic E-state index is 10.1. The molecule has 0 aliphatic heterocycles. The fraction of sp³-hybridized carbons (Fsp3) is 0.111. The van der Waals surface area contributed by atoms with E-state index in [0.717, 1.165) is 5.56 Å². The number of carboxylic acid groups (broad SMARTS) is 1. The highest BCUT2D eigenvalue weighted by atomic mass is 35.5. The molecule has 0 bridgehead atoms. The number of benzene rings is 1. The Kier molecular flexibility index (Phi) is 3.48. The van der Waals surface area contributed by atoms with Crippen molar-refractivity contribution in [2.75, 3.05) is 0 Å². The molecule has 0 aliphatic carbocycles. The van der Waals surface area contributed by atoms with Gasteiger partial charge in [-0.3, -0.25) is 0 Å². The summed E-state index contributed by atoms with van der Waals surface area (Å²) in [4.78, 5) is 10.1. The zero-order valence-corrected chi connectivity index (χ0v) is 8.25. The van der Waals surface area contributed by atoms with Gasteiger partial charge in [-0.15, -0.1) is 0 Å². The van der Waals surface area contributed by atoms with Crippen LogP contribution in [-0.4, -0.2) is 16.9 Å². The molecule has 2 N–H and O–H groups in total. The first-order valence-corrected chi connectivity index (χ1v) is 4.26. The zero-order chi connectivity index (χ0) is 10.6. The van der Waals surface area contributed by atoms with Crippen molar-refractivity contribution in [3.63, 3.8) is 0 Å². The van der Waals surface area contributed by atoms with Gasteiger partial charge in [0.05, 0.1) is 5.71 Å². The molecule has 0 saturated heterocycles. The first-order chi connectivity index (χ1) is 6.59. The van der Waals surface area contributed by atoms with Crippen molar-refractivity contribution in [1.29, 1.82) is 0 Å². The third-order valence-corrected chi connectivity index (χ3v) is 1.83. The van der Waals surface area contributed by atoms with E-state index >= 15 is 0 Å². The van der Waals surface area contributed by atoms with Crippen molar-refractivity contribution in [1.82, 2.24) is 5.43 Å². The molecule has 0 atom stereocenters. The summed E-state index contributed by atoms with van der Waals surface area (Å²) >= 11 is 5.69. The summed E-state index contributed by atoms with van der Waals surface area (Å²) in [5.74, 6) is 0. The molecular formula is C9H9ClN2O2. The number of rotatable bonds is 2. The van der Waals surface area contributed by atoms with Crippen LogP contribution in [0.25, 0.3) is 0 Å². The van der Waals surface area contributed by atoms with Gasteiger partial charge in [0, 0.05) is 5.02 Å². The van der Waals surface area contributed by atoms with E-state index in [1.807, 2.05) is 5.43 Å². The number of nitrogens with zero attached hydrogens (tertiary/aromatic N) is 1. The number of amides is 1. The molecule has 1 aromatic rings. The van der Waals surface area contributed by atoms with Crippen molar-refractivity contribution in [3.05, 3.63) is 34.9 Å². The number of carbonyl (C=O) groups is 1. The Morgan fingerprint density at radius 3 is 2.50 bits per heavy atom. The highest BCUT2D eigenvalue weighted by Gasteiger charge is 1.97. The average molecular weight is 213 g/mol. The van der Waals surface area contributed by atoms with E-state index in [2.05, 4.69) is 5.10 Å². The standard InChI is InChI=1S/C9H9ClN2O2/c1-6(11-12-9(13)14)7-2-4-8(10)5-3-7/h2-5,12H,1H3,(H,13,14). The van der Waals surface area contributed by atoms with E-state index in [1.54, 1.807) is 31.2 Å². The van der Waals surface area contributed by atoms with Crippen molar-refractivity contribution in [2.24, 2.45) is 5.10 Å². The summed E-state index contributed by atoms with van der Waals surface area (Å²) in [6, 6.07) is 6.97. The lowest BCUT2D eigenvalue weighted by Crippen LogP contribution is -2.16. The molecular weight excluding hydrogens is 204 g/mol. The lowest BCUT2D eigenvalue weighted by atomic mass is 10.1. The van der Waals surface area contributed by atoms with Gasteiger partial charge in [-0.1, -0.05) is 23.7 Å². The Morgan fingerprint density at radius 1 is 1.43 bits per heavy atom. The molecule has 0 heterocycles. The molecule has 14 heavy (non-hydrogen) atoms. The molecule has 0 aromatic heterocycles. The van der Waals surface area contributed by atoms with Gasteiger partial charge >= 0.3 is 6.09 Å². The summed E-state index contributed by atoms with van der Waals surface area (Å²) in [5.41, 5.74) is 3.34. The van der Waals surface area contributed by atoms with Crippen LogP contribution in [0, 0.1) is 0 Å². The molecule has 0 fully saturated rings. The maximum atomic E-state index is 10.1. The van der Waals surface area contributed by atoms with Crippen LogP contribution in [0.2, 0.25) is 5.02 Å². The predicted molar refractivity (Wildman–Crippen MR) is 54.8 cm³/mol. The van der Waals surface area contributed by atoms with Crippen LogP contribution in [0.3, 0.4) is 0 Å². The summed E-state index contributed by atoms with van der Waals surface area (Å²) in [7, 11) is 0. The third kappa shape index (κ3) is 3.06. The molecule has 4 nitrogen and oxygen atoms in total. The van der Waals surface area contributed by atoms with E-state index < -0.39 is 6.09 Å². The van der Waals surface area contributed by atoms with Crippen LogP contribution in [0.1, 0.15) is 12.5 Å². The van der Waals surface area contributed by atoms with Crippen molar-refractivity contribution >= 4 is 23.4 Å². The summed E-state index contributed by atoms with van der Waals surface area (Å²) < 4.78 is 0. The number of nitrogens with one attached hydrogen (secondary N) is 1. The maximum Gasteiger partial charge on any atom is 0.425 e. The lowest BCUT2D eigenvalue weighted by molar-refractivity contribution is 0.195. The van der Waals surface area contributed by atoms with Gasteiger partial charge in [0.1, 0.15) is 0 Å². The SMILES string of the molecule is CC(=NNC(=O)O)c1ccc(Cl)cc1. The van der Waals surface area contributed by atoms with E-state index in [-0.39, 0.29) is 0 Å². The van der Waals surface area contributed by atoms with Crippen molar-refractivity contribution in [2.45, 2.75) is 6.92 Å². The molecule has 0 unspecified atom stereocenters. The van der Waals surface area contributed by atoms with Gasteiger partial charge < -0.3 is 5.11 Å². The number of hydrogen-bond acceptors (Lipinski definition) is 2. The third-order valence-electron chi connectivity index (χ3n) is 1.58. The van der Waals surface area contributed by atoms with Gasteiger partial charge in [-0.2, -0.15) is 5.10 Å². The predicted octanol–water partition coefficient (Wildman–Crippen LogP) is 2.33. The fourth-order valence-corrected chi connectivity index (χ4v) is 1.01. The van der Waals surface area contributed by atoms with E-state index in [1.165, 1.54) is 0 Å². The van der Waals surface area contributed by atoms with Crippen molar-refractivity contribution in [3.8, 4) is 0 Å². The Balaban J connectivity index is 2.78. The molecule has 1 amide bonds. The fourth-order valence-electron chi connectivity index (χ4n) is 0.887. The summed E-state index contributed by atoms with van der Waals surface area (Å²) in [5, 5.41) is 12.6. The summed E-state index contributed by atoms with van der Waals surface area (Å²) in [6.45, 7) is 1.71. The normalized spacial score (nSPS) is 11.1. The largest absolute Gasteiger partial charge is 0.464 e. The Bertz CT molecular complexity index is 360. The van der Waals surface area contributed by atoms with Gasteiger partial charge in [0.25, 0.3) is 0 Å². The second-order valence-corrected chi connectivity index (χ2v) is 3.06. The van der Waals surface area contributed by atoms with Crippen LogP contribution in [0.4, 0.5) is 4.79 Å². The molecule has 1 rings (SSSR count). The van der Waals surface area contributed by atoms with Crippen LogP contribution < -0.4 is 5.43 Å². The monoisotopic (exact) mass is 212 g/mol. The Labute approximate surface area is 86.2 Å². The van der Waals surface area contributed by atoms with E-state index in [4.69, 9.17) is 16.7 Å². The van der Waals surface area contributed by atoms with Crippen molar-refractivity contribution < 1.29 is 9.90 Å². The first-order valence-electron chi connectivity index (χ1n) is 3.89. The minimum Gasteiger partial charge on any atom is -0.464 e. The topological polar surface area (TPSA) is 61.7 Å². The van der Waals surface area contributed by atoms with Crippen LogP contribution in [0.5, 0.6) is 0 Å². The van der Waals surface area contributed by atoms with Crippen LogP contribution in [-0.2, 0) is 0 Å². The lowest BCUT2D eigenvalue weighted by Gasteiger charge is -2.00. The van der Waals surface area contributed by atoms with E-state index in [9.17, 15) is 4.79 Å². The minimum atomic E-state index is -1.18. The van der Waals surface area contributed by atoms with Crippen LogP contribution >= 0.6 is 11.6 Å². The van der Waals surface area contributed by atoms with Gasteiger partial charge in [0.15, 0.2) is 0 Å². The zero-order valence-electron chi connectivity index (χ0n) is 7.49. The molecule has 74 valence electrons. The second kappa shape index (κ2) is 4.62. The molecule has 1 aromatic carbocycles. The molecule has 0 aliphatic rings. The molecule has 0 spiro atoms. The van der Waals surface area contributed by atoms with Gasteiger partial charge in [-0.05, 0) is 24.6 Å². The molecule has 5 heteroatoms. The highest BCUT2D eigenvalue weighted by Crippen LogP contribution is 2.09. The smallest absolute Gasteiger partial charge is 0.425 e. The number of halogens is 1. The number of hydrazone groups is 1. The average Bonchev–Trinajstić information content (AvgIpc) is 2.15. The highest BCUT2D eigenvalue weighted by molar-refractivity contribution is 6.30.